The zero-order valence-corrected chi connectivity index (χ0v) is 15.6. The summed E-state index contributed by atoms with van der Waals surface area (Å²) in [6, 6.07) is 10.7. The number of hydrogen-bond donors (Lipinski definition) is 0. The molecule has 0 bridgehead atoms. The van der Waals surface area contributed by atoms with Gasteiger partial charge < -0.3 is 9.47 Å². The lowest BCUT2D eigenvalue weighted by molar-refractivity contribution is 0.144. The van der Waals surface area contributed by atoms with Crippen LogP contribution in [-0.2, 0) is 21.2 Å². The van der Waals surface area contributed by atoms with Crippen LogP contribution in [0, 0.1) is 0 Å². The number of thiophene rings is 1. The summed E-state index contributed by atoms with van der Waals surface area (Å²) >= 11 is 1.64. The van der Waals surface area contributed by atoms with Crippen molar-refractivity contribution < 1.29 is 17.9 Å². The van der Waals surface area contributed by atoms with Crippen molar-refractivity contribution in [1.29, 1.82) is 0 Å². The van der Waals surface area contributed by atoms with Gasteiger partial charge in [-0.3, -0.25) is 0 Å². The first kappa shape index (κ1) is 18.9. The van der Waals surface area contributed by atoms with Crippen molar-refractivity contribution >= 4 is 21.4 Å². The molecular weight excluding hydrogens is 346 g/mol. The summed E-state index contributed by atoms with van der Waals surface area (Å²) in [5.74, 6) is 0.365. The first-order valence-electron chi connectivity index (χ1n) is 7.83. The van der Waals surface area contributed by atoms with Crippen LogP contribution in [0.1, 0.15) is 11.8 Å². The number of methoxy groups -OCH3 is 1. The minimum atomic E-state index is -3.60. The Hall–Kier alpha value is -1.41. The summed E-state index contributed by atoms with van der Waals surface area (Å²) in [4.78, 5) is 1.38. The second-order valence-corrected chi connectivity index (χ2v) is 8.05. The van der Waals surface area contributed by atoms with Gasteiger partial charge in [-0.2, -0.15) is 4.31 Å². The van der Waals surface area contributed by atoms with E-state index in [9.17, 15) is 8.42 Å². The molecule has 132 valence electrons. The molecule has 0 N–H and O–H groups in total. The van der Waals surface area contributed by atoms with Crippen molar-refractivity contribution in [3.05, 3.63) is 46.7 Å². The van der Waals surface area contributed by atoms with Crippen molar-refractivity contribution in [3.8, 4) is 5.75 Å². The molecule has 7 heteroatoms. The maximum absolute atomic E-state index is 13.0. The van der Waals surface area contributed by atoms with Gasteiger partial charge >= 0.3 is 0 Å². The van der Waals surface area contributed by atoms with Crippen LogP contribution < -0.4 is 4.74 Å². The Bertz CT molecular complexity index is 714. The van der Waals surface area contributed by atoms with Gasteiger partial charge in [0.2, 0.25) is 10.0 Å². The molecule has 2 rings (SSSR count). The van der Waals surface area contributed by atoms with E-state index in [1.165, 1.54) is 9.18 Å². The van der Waals surface area contributed by atoms with E-state index in [1.807, 2.05) is 24.4 Å². The fourth-order valence-electron chi connectivity index (χ4n) is 2.29. The normalized spacial score (nSPS) is 11.8. The Balaban J connectivity index is 2.17. The maximum atomic E-state index is 13.0. The van der Waals surface area contributed by atoms with Crippen LogP contribution >= 0.6 is 11.3 Å². The van der Waals surface area contributed by atoms with Crippen molar-refractivity contribution in [1.82, 2.24) is 4.31 Å². The summed E-state index contributed by atoms with van der Waals surface area (Å²) in [5, 5.41) is 2.00. The average molecular weight is 370 g/mol. The van der Waals surface area contributed by atoms with E-state index in [2.05, 4.69) is 0 Å². The second-order valence-electron chi connectivity index (χ2n) is 5.11. The molecule has 0 aliphatic heterocycles. The number of hydrogen-bond acceptors (Lipinski definition) is 5. The Morgan fingerprint density at radius 3 is 2.58 bits per heavy atom. The average Bonchev–Trinajstić information content (AvgIpc) is 3.09. The van der Waals surface area contributed by atoms with Gasteiger partial charge in [-0.1, -0.05) is 25.1 Å². The quantitative estimate of drug-likeness (QED) is 0.604. The molecule has 0 spiro atoms. The highest BCUT2D eigenvalue weighted by molar-refractivity contribution is 7.89. The van der Waals surface area contributed by atoms with Gasteiger partial charge in [0.1, 0.15) is 17.3 Å². The van der Waals surface area contributed by atoms with Gasteiger partial charge in [0.15, 0.2) is 0 Å². The van der Waals surface area contributed by atoms with Gasteiger partial charge in [0.05, 0.1) is 6.61 Å². The van der Waals surface area contributed by atoms with Crippen LogP contribution in [0.25, 0.3) is 0 Å². The van der Waals surface area contributed by atoms with Crippen molar-refractivity contribution in [2.45, 2.75) is 18.2 Å². The van der Waals surface area contributed by atoms with Gasteiger partial charge in [0, 0.05) is 25.1 Å². The number of ether oxygens (including phenoxy) is 2. The largest absolute Gasteiger partial charge is 0.490 e. The molecule has 2 aromatic rings. The summed E-state index contributed by atoms with van der Waals surface area (Å²) in [6.07, 6.45) is 0.706. The molecule has 0 atom stereocenters. The van der Waals surface area contributed by atoms with E-state index in [4.69, 9.17) is 9.47 Å². The highest BCUT2D eigenvalue weighted by atomic mass is 32.2. The highest BCUT2D eigenvalue weighted by Gasteiger charge is 2.26. The van der Waals surface area contributed by atoms with Crippen LogP contribution in [-0.4, -0.2) is 46.1 Å². The monoisotopic (exact) mass is 369 g/mol. The van der Waals surface area contributed by atoms with Crippen LogP contribution in [0.3, 0.4) is 0 Å². The van der Waals surface area contributed by atoms with Crippen LogP contribution in [0.4, 0.5) is 0 Å². The Labute approximate surface area is 147 Å². The summed E-state index contributed by atoms with van der Waals surface area (Å²) in [5.41, 5.74) is 0. The predicted molar refractivity (Wildman–Crippen MR) is 96.3 cm³/mol. The molecule has 0 amide bonds. The fourth-order valence-corrected chi connectivity index (χ4v) is 4.57. The van der Waals surface area contributed by atoms with E-state index >= 15 is 0 Å². The Morgan fingerprint density at radius 1 is 1.12 bits per heavy atom. The molecule has 5 nitrogen and oxygen atoms in total. The standard InChI is InChI=1S/C17H23NO4S2/c1-3-18(11-10-15-7-6-14-23-15)24(19,20)17-9-5-4-8-16(17)22-13-12-21-2/h4-9,14H,3,10-13H2,1-2H3. The third-order valence-corrected chi connectivity index (χ3v) is 6.50. The smallest absolute Gasteiger partial charge is 0.246 e. The second kappa shape index (κ2) is 9.17. The lowest BCUT2D eigenvalue weighted by Gasteiger charge is -2.22. The zero-order valence-electron chi connectivity index (χ0n) is 14.0. The van der Waals surface area contributed by atoms with Crippen molar-refractivity contribution in [2.75, 3.05) is 33.4 Å². The Morgan fingerprint density at radius 2 is 1.92 bits per heavy atom. The number of nitrogens with zero attached hydrogens (tertiary/aromatic N) is 1. The van der Waals surface area contributed by atoms with Gasteiger partial charge in [0.25, 0.3) is 0 Å². The maximum Gasteiger partial charge on any atom is 0.246 e. The number of benzene rings is 1. The third-order valence-electron chi connectivity index (χ3n) is 3.55. The summed E-state index contributed by atoms with van der Waals surface area (Å²) in [6.45, 7) is 3.43. The molecule has 0 aliphatic carbocycles. The number of sulfonamides is 1. The molecule has 0 radical (unpaired) electrons. The molecule has 1 aromatic heterocycles. The lowest BCUT2D eigenvalue weighted by Crippen LogP contribution is -2.33. The zero-order chi connectivity index (χ0) is 17.4. The van der Waals surface area contributed by atoms with Gasteiger partial charge in [-0.15, -0.1) is 11.3 Å². The van der Waals surface area contributed by atoms with Crippen molar-refractivity contribution in [2.24, 2.45) is 0 Å². The van der Waals surface area contributed by atoms with E-state index < -0.39 is 10.0 Å². The van der Waals surface area contributed by atoms with Crippen LogP contribution in [0.15, 0.2) is 46.7 Å². The Kier molecular flexibility index (Phi) is 7.23. The third kappa shape index (κ3) is 4.80. The highest BCUT2D eigenvalue weighted by Crippen LogP contribution is 2.27. The number of para-hydroxylation sites is 1. The minimum absolute atomic E-state index is 0.203. The first-order chi connectivity index (χ1) is 11.6. The number of likely N-dealkylation sites (N-methyl/N-ethyl adjacent to an activating group) is 1. The lowest BCUT2D eigenvalue weighted by atomic mass is 10.3. The molecule has 1 heterocycles. The summed E-state index contributed by atoms with van der Waals surface area (Å²) < 4.78 is 38.0. The molecule has 0 unspecified atom stereocenters. The van der Waals surface area contributed by atoms with E-state index in [0.717, 1.165) is 0 Å². The van der Waals surface area contributed by atoms with E-state index in [-0.39, 0.29) is 4.90 Å². The number of rotatable bonds is 10. The van der Waals surface area contributed by atoms with Gasteiger partial charge in [-0.05, 0) is 30.0 Å². The predicted octanol–water partition coefficient (Wildman–Crippen LogP) is 3.03. The van der Waals surface area contributed by atoms with E-state index in [0.29, 0.717) is 38.5 Å². The minimum Gasteiger partial charge on any atom is -0.490 e. The molecule has 0 saturated carbocycles. The first-order valence-corrected chi connectivity index (χ1v) is 10.1. The molecule has 1 aromatic carbocycles. The molecule has 0 fully saturated rings. The van der Waals surface area contributed by atoms with Crippen LogP contribution in [0.5, 0.6) is 5.75 Å². The SMILES string of the molecule is CCN(CCc1cccs1)S(=O)(=O)c1ccccc1OCCOC. The fraction of sp³-hybridized carbons (Fsp3) is 0.412. The topological polar surface area (TPSA) is 55.8 Å². The van der Waals surface area contributed by atoms with Gasteiger partial charge in [-0.25, -0.2) is 8.42 Å². The molecule has 0 aliphatic rings. The summed E-state index contributed by atoms with van der Waals surface area (Å²) in [7, 11) is -2.02. The molecule has 0 saturated heterocycles. The van der Waals surface area contributed by atoms with Crippen molar-refractivity contribution in [3.63, 3.8) is 0 Å². The van der Waals surface area contributed by atoms with E-state index in [1.54, 1.807) is 42.7 Å². The molecule has 24 heavy (non-hydrogen) atoms. The molecular formula is C17H23NO4S2. The van der Waals surface area contributed by atoms with Crippen LogP contribution in [0.2, 0.25) is 0 Å².